The maximum Gasteiger partial charge on any atom is 0.308 e. The number of aliphatic carboxylic acids is 1. The van der Waals surface area contributed by atoms with E-state index in [1.807, 2.05) is 38.1 Å². The predicted molar refractivity (Wildman–Crippen MR) is 94.2 cm³/mol. The number of nitrogens with one attached hydrogen (secondary N) is 1. The summed E-state index contributed by atoms with van der Waals surface area (Å²) in [6.45, 7) is 4.00. The van der Waals surface area contributed by atoms with Crippen LogP contribution in [0.5, 0.6) is 0 Å². The molecule has 0 fully saturated rings. The van der Waals surface area contributed by atoms with Crippen molar-refractivity contribution >= 4 is 27.8 Å². The summed E-state index contributed by atoms with van der Waals surface area (Å²) in [7, 11) is 0. The van der Waals surface area contributed by atoms with Crippen molar-refractivity contribution in [3.8, 4) is 5.69 Å². The molecule has 1 unspecified atom stereocenters. The molecule has 2 aromatic rings. The molecule has 1 heterocycles. The minimum Gasteiger partial charge on any atom is -0.481 e. The molecule has 6 nitrogen and oxygen atoms in total. The molecule has 1 amide bonds. The second-order valence-electron chi connectivity index (χ2n) is 6.00. The molecule has 1 aromatic carbocycles. The van der Waals surface area contributed by atoms with Crippen LogP contribution in [0.15, 0.2) is 41.0 Å². The molecule has 0 bridgehead atoms. The first-order valence-corrected chi connectivity index (χ1v) is 8.48. The third-order valence-electron chi connectivity index (χ3n) is 3.51. The number of nitrogens with zero attached hydrogens (tertiary/aromatic N) is 2. The maximum absolute atomic E-state index is 12.2. The average molecular weight is 394 g/mol. The molecule has 128 valence electrons. The van der Waals surface area contributed by atoms with Gasteiger partial charge in [0.15, 0.2) is 5.69 Å². The van der Waals surface area contributed by atoms with Gasteiger partial charge in [0, 0.05) is 17.2 Å². The van der Waals surface area contributed by atoms with Crippen LogP contribution in [0.2, 0.25) is 0 Å². The number of benzene rings is 1. The summed E-state index contributed by atoms with van der Waals surface area (Å²) < 4.78 is 2.52. The molecule has 0 aliphatic heterocycles. The Kier molecular flexibility index (Phi) is 6.14. The van der Waals surface area contributed by atoms with E-state index in [-0.39, 0.29) is 24.1 Å². The van der Waals surface area contributed by atoms with Gasteiger partial charge in [-0.3, -0.25) is 9.59 Å². The fraction of sp³-hybridized carbons (Fsp3) is 0.353. The number of carboxylic acid groups (broad SMARTS) is 1. The number of carbonyl (C=O) groups excluding carboxylic acids is 1. The van der Waals surface area contributed by atoms with Gasteiger partial charge in [-0.05, 0) is 36.6 Å². The van der Waals surface area contributed by atoms with Gasteiger partial charge in [0.1, 0.15) is 0 Å². The van der Waals surface area contributed by atoms with E-state index in [2.05, 4.69) is 26.3 Å². The summed E-state index contributed by atoms with van der Waals surface area (Å²) in [5, 5.41) is 16.1. The minimum absolute atomic E-state index is 0.0933. The Morgan fingerprint density at radius 1 is 1.33 bits per heavy atom. The molecule has 0 saturated carbocycles. The van der Waals surface area contributed by atoms with Gasteiger partial charge < -0.3 is 10.4 Å². The molecule has 2 rings (SSSR count). The van der Waals surface area contributed by atoms with E-state index in [1.165, 1.54) is 0 Å². The monoisotopic (exact) mass is 393 g/mol. The maximum atomic E-state index is 12.2. The Labute approximate surface area is 149 Å². The lowest BCUT2D eigenvalue weighted by Gasteiger charge is -2.14. The summed E-state index contributed by atoms with van der Waals surface area (Å²) in [5.74, 6) is -1.62. The quantitative estimate of drug-likeness (QED) is 0.756. The van der Waals surface area contributed by atoms with Crippen LogP contribution in [-0.4, -0.2) is 33.3 Å². The van der Waals surface area contributed by atoms with Crippen LogP contribution in [0.1, 0.15) is 30.8 Å². The summed E-state index contributed by atoms with van der Waals surface area (Å²) in [5.41, 5.74) is 1.08. The van der Waals surface area contributed by atoms with Crippen LogP contribution in [0, 0.1) is 11.8 Å². The number of aromatic nitrogens is 2. The smallest absolute Gasteiger partial charge is 0.308 e. The lowest BCUT2D eigenvalue weighted by Crippen LogP contribution is -2.33. The molecule has 1 aromatic heterocycles. The first-order chi connectivity index (χ1) is 11.4. The number of halogens is 1. The molecule has 1 atom stereocenters. The third kappa shape index (κ3) is 4.92. The molecule has 2 N–H and O–H groups in total. The highest BCUT2D eigenvalue weighted by Crippen LogP contribution is 2.15. The number of amides is 1. The van der Waals surface area contributed by atoms with Crippen LogP contribution < -0.4 is 5.32 Å². The zero-order valence-corrected chi connectivity index (χ0v) is 15.2. The van der Waals surface area contributed by atoms with Crippen LogP contribution >= 0.6 is 15.9 Å². The highest BCUT2D eigenvalue weighted by atomic mass is 79.9. The van der Waals surface area contributed by atoms with E-state index in [1.54, 1.807) is 16.9 Å². The second-order valence-corrected chi connectivity index (χ2v) is 6.92. The second kappa shape index (κ2) is 8.10. The van der Waals surface area contributed by atoms with Crippen molar-refractivity contribution in [1.82, 2.24) is 15.1 Å². The number of carbonyl (C=O) groups is 2. The van der Waals surface area contributed by atoms with Crippen molar-refractivity contribution in [2.24, 2.45) is 11.8 Å². The predicted octanol–water partition coefficient (Wildman–Crippen LogP) is 3.11. The van der Waals surface area contributed by atoms with E-state index < -0.39 is 11.9 Å². The van der Waals surface area contributed by atoms with Crippen molar-refractivity contribution in [3.63, 3.8) is 0 Å². The van der Waals surface area contributed by atoms with Crippen molar-refractivity contribution in [2.75, 3.05) is 6.54 Å². The molecule has 24 heavy (non-hydrogen) atoms. The van der Waals surface area contributed by atoms with Gasteiger partial charge in [-0.25, -0.2) is 4.68 Å². The van der Waals surface area contributed by atoms with Crippen LogP contribution in [0.25, 0.3) is 5.69 Å². The molecule has 0 saturated heterocycles. The Hall–Kier alpha value is -2.15. The highest BCUT2D eigenvalue weighted by molar-refractivity contribution is 9.10. The zero-order valence-electron chi connectivity index (χ0n) is 13.6. The van der Waals surface area contributed by atoms with Crippen LogP contribution in [0.4, 0.5) is 0 Å². The topological polar surface area (TPSA) is 84.2 Å². The van der Waals surface area contributed by atoms with Gasteiger partial charge in [0.25, 0.3) is 5.91 Å². The van der Waals surface area contributed by atoms with Crippen molar-refractivity contribution in [1.29, 1.82) is 0 Å². The first-order valence-electron chi connectivity index (χ1n) is 7.69. The van der Waals surface area contributed by atoms with Gasteiger partial charge in [0.05, 0.1) is 11.6 Å². The van der Waals surface area contributed by atoms with Gasteiger partial charge in [-0.2, -0.15) is 5.10 Å². The number of rotatable bonds is 7. The summed E-state index contributed by atoms with van der Waals surface area (Å²) in [6, 6.07) is 9.15. The zero-order chi connectivity index (χ0) is 17.7. The van der Waals surface area contributed by atoms with E-state index in [4.69, 9.17) is 0 Å². The number of hydrogen-bond acceptors (Lipinski definition) is 3. The molecular formula is C17H20BrN3O3. The van der Waals surface area contributed by atoms with Crippen LogP contribution in [-0.2, 0) is 4.79 Å². The lowest BCUT2D eigenvalue weighted by atomic mass is 9.97. The Morgan fingerprint density at radius 3 is 2.71 bits per heavy atom. The van der Waals surface area contributed by atoms with Crippen molar-refractivity contribution in [2.45, 2.75) is 20.3 Å². The Morgan fingerprint density at radius 2 is 2.08 bits per heavy atom. The van der Waals surface area contributed by atoms with Gasteiger partial charge in [-0.1, -0.05) is 35.8 Å². The molecule has 0 spiro atoms. The Balaban J connectivity index is 2.02. The van der Waals surface area contributed by atoms with Gasteiger partial charge in [-0.15, -0.1) is 0 Å². The summed E-state index contributed by atoms with van der Waals surface area (Å²) in [6.07, 6.45) is 2.21. The van der Waals surface area contributed by atoms with Crippen molar-refractivity contribution < 1.29 is 14.7 Å². The number of hydrogen-bond donors (Lipinski definition) is 2. The van der Waals surface area contributed by atoms with Gasteiger partial charge >= 0.3 is 5.97 Å². The fourth-order valence-corrected chi connectivity index (χ4v) is 2.74. The fourth-order valence-electron chi connectivity index (χ4n) is 2.35. The van der Waals surface area contributed by atoms with E-state index >= 15 is 0 Å². The van der Waals surface area contributed by atoms with E-state index in [0.29, 0.717) is 6.42 Å². The molecule has 7 heteroatoms. The normalized spacial score (nSPS) is 12.2. The average Bonchev–Trinajstić information content (AvgIpc) is 3.00. The lowest BCUT2D eigenvalue weighted by molar-refractivity contribution is -0.142. The van der Waals surface area contributed by atoms with Crippen LogP contribution in [0.3, 0.4) is 0 Å². The molecular weight excluding hydrogens is 374 g/mol. The molecule has 0 aliphatic rings. The summed E-state index contributed by atoms with van der Waals surface area (Å²) in [4.78, 5) is 23.4. The third-order valence-corrected chi connectivity index (χ3v) is 4.00. The standard InChI is InChI=1S/C17H20BrN3O3/c1-11(2)8-12(17(23)24)10-19-16(22)15-6-7-21(20-15)14-5-3-4-13(18)9-14/h3-7,9,11-12H,8,10H2,1-2H3,(H,19,22)(H,23,24). The van der Waals surface area contributed by atoms with E-state index in [9.17, 15) is 14.7 Å². The number of carboxylic acids is 1. The first kappa shape index (κ1) is 18.2. The molecule has 0 aliphatic carbocycles. The summed E-state index contributed by atoms with van der Waals surface area (Å²) >= 11 is 3.39. The minimum atomic E-state index is -0.899. The highest BCUT2D eigenvalue weighted by Gasteiger charge is 2.20. The molecule has 0 radical (unpaired) electrons. The van der Waals surface area contributed by atoms with Gasteiger partial charge in [0.2, 0.25) is 0 Å². The Bertz CT molecular complexity index is 727. The van der Waals surface area contributed by atoms with Crippen molar-refractivity contribution in [3.05, 3.63) is 46.7 Å². The van der Waals surface area contributed by atoms with E-state index in [0.717, 1.165) is 10.2 Å². The largest absolute Gasteiger partial charge is 0.481 e. The SMILES string of the molecule is CC(C)CC(CNC(=O)c1ccn(-c2cccc(Br)c2)n1)C(=O)O.